The van der Waals surface area contributed by atoms with Crippen molar-refractivity contribution in [1.29, 1.82) is 0 Å². The molecule has 2 aromatic carbocycles. The van der Waals surface area contributed by atoms with E-state index in [1.165, 1.54) is 29.0 Å². The standard InChI is InChI=1S/C22H23/c1-3-17(2)20-15-10-16-21(20)22(18-11-6-4-7-12-18)19-13-8-5-9-14-19/h4-17,22H,3H2,1-2H3. The zero-order valence-corrected chi connectivity index (χ0v) is 13.4. The molecule has 3 rings (SSSR count). The van der Waals surface area contributed by atoms with E-state index in [9.17, 15) is 0 Å². The van der Waals surface area contributed by atoms with E-state index in [1.807, 2.05) is 0 Å². The molecule has 1 aliphatic rings. The molecular formula is C22H23. The fourth-order valence-corrected chi connectivity index (χ4v) is 3.22. The Kier molecular flexibility index (Phi) is 4.58. The van der Waals surface area contributed by atoms with Gasteiger partial charge in [0.2, 0.25) is 0 Å². The highest BCUT2D eigenvalue weighted by atomic mass is 14.3. The lowest BCUT2D eigenvalue weighted by Crippen LogP contribution is -2.15. The summed E-state index contributed by atoms with van der Waals surface area (Å²) in [6.45, 7) is 4.59. The van der Waals surface area contributed by atoms with Crippen molar-refractivity contribution in [1.82, 2.24) is 0 Å². The summed E-state index contributed by atoms with van der Waals surface area (Å²) >= 11 is 0. The van der Waals surface area contributed by atoms with E-state index in [1.54, 1.807) is 0 Å². The zero-order chi connectivity index (χ0) is 15.4. The van der Waals surface area contributed by atoms with Gasteiger partial charge in [-0.1, -0.05) is 98.3 Å². The van der Waals surface area contributed by atoms with Crippen molar-refractivity contribution < 1.29 is 0 Å². The summed E-state index contributed by atoms with van der Waals surface area (Å²) in [6, 6.07) is 21.7. The molecule has 0 saturated heterocycles. The van der Waals surface area contributed by atoms with Crippen LogP contribution in [-0.4, -0.2) is 0 Å². The van der Waals surface area contributed by atoms with Gasteiger partial charge in [0.15, 0.2) is 0 Å². The summed E-state index contributed by atoms with van der Waals surface area (Å²) in [4.78, 5) is 0. The van der Waals surface area contributed by atoms with Gasteiger partial charge in [-0.15, -0.1) is 0 Å². The van der Waals surface area contributed by atoms with Crippen LogP contribution in [0.15, 0.2) is 84.5 Å². The Morgan fingerprint density at radius 2 is 1.36 bits per heavy atom. The van der Waals surface area contributed by atoms with Gasteiger partial charge in [0.05, 0.1) is 0 Å². The fourth-order valence-electron chi connectivity index (χ4n) is 3.22. The van der Waals surface area contributed by atoms with Crippen LogP contribution < -0.4 is 0 Å². The van der Waals surface area contributed by atoms with Gasteiger partial charge < -0.3 is 0 Å². The lowest BCUT2D eigenvalue weighted by atomic mass is 9.75. The molecule has 0 nitrogen and oxygen atoms in total. The largest absolute Gasteiger partial charge is 0.0721 e. The van der Waals surface area contributed by atoms with Gasteiger partial charge in [-0.25, -0.2) is 0 Å². The van der Waals surface area contributed by atoms with Gasteiger partial charge in [0.25, 0.3) is 0 Å². The Morgan fingerprint density at radius 3 is 1.86 bits per heavy atom. The van der Waals surface area contributed by atoms with Crippen LogP contribution in [0.3, 0.4) is 0 Å². The molecule has 1 aliphatic carbocycles. The number of benzene rings is 2. The minimum absolute atomic E-state index is 0.321. The Hall–Kier alpha value is -2.08. The molecule has 0 heterocycles. The SMILES string of the molecule is CCC(C)C1=CC=C[C]1C(c1ccccc1)c1ccccc1. The topological polar surface area (TPSA) is 0 Å². The monoisotopic (exact) mass is 287 g/mol. The van der Waals surface area contributed by atoms with Crippen molar-refractivity contribution in [3.8, 4) is 0 Å². The van der Waals surface area contributed by atoms with Crippen LogP contribution in [0.2, 0.25) is 0 Å². The number of hydrogen-bond acceptors (Lipinski definition) is 0. The maximum atomic E-state index is 2.33. The van der Waals surface area contributed by atoms with Crippen LogP contribution >= 0.6 is 0 Å². The molecule has 0 aliphatic heterocycles. The minimum atomic E-state index is 0.321. The Morgan fingerprint density at radius 1 is 0.818 bits per heavy atom. The normalized spacial score (nSPS) is 16.0. The molecule has 0 saturated carbocycles. The average molecular weight is 287 g/mol. The lowest BCUT2D eigenvalue weighted by molar-refractivity contribution is 0.636. The van der Waals surface area contributed by atoms with Gasteiger partial charge in [-0.3, -0.25) is 0 Å². The molecule has 2 aromatic rings. The Balaban J connectivity index is 2.03. The maximum absolute atomic E-state index is 2.33. The first-order valence-electron chi connectivity index (χ1n) is 8.16. The average Bonchev–Trinajstić information content (AvgIpc) is 3.06. The number of hydrogen-bond donors (Lipinski definition) is 0. The molecule has 22 heavy (non-hydrogen) atoms. The van der Waals surface area contributed by atoms with Gasteiger partial charge in [0.1, 0.15) is 0 Å². The van der Waals surface area contributed by atoms with Crippen LogP contribution in [0, 0.1) is 11.8 Å². The second-order valence-corrected chi connectivity index (χ2v) is 6.00. The smallest absolute Gasteiger partial charge is 0.0347 e. The summed E-state index contributed by atoms with van der Waals surface area (Å²) in [5.41, 5.74) is 4.22. The van der Waals surface area contributed by atoms with Gasteiger partial charge >= 0.3 is 0 Å². The summed E-state index contributed by atoms with van der Waals surface area (Å²) in [5, 5.41) is 0. The zero-order valence-electron chi connectivity index (χ0n) is 13.4. The molecular weight excluding hydrogens is 264 g/mol. The molecule has 1 radical (unpaired) electrons. The van der Waals surface area contributed by atoms with E-state index >= 15 is 0 Å². The highest BCUT2D eigenvalue weighted by Crippen LogP contribution is 2.43. The first kappa shape index (κ1) is 14.8. The molecule has 1 unspecified atom stereocenters. The molecule has 0 fully saturated rings. The molecule has 0 heteroatoms. The highest BCUT2D eigenvalue weighted by molar-refractivity contribution is 5.54. The Bertz CT molecular complexity index is 609. The molecule has 0 N–H and O–H groups in total. The first-order chi connectivity index (χ1) is 10.8. The van der Waals surface area contributed by atoms with Gasteiger partial charge in [0, 0.05) is 11.8 Å². The van der Waals surface area contributed by atoms with E-state index in [-0.39, 0.29) is 0 Å². The number of rotatable bonds is 5. The van der Waals surface area contributed by atoms with E-state index < -0.39 is 0 Å². The third-order valence-corrected chi connectivity index (χ3v) is 4.61. The van der Waals surface area contributed by atoms with E-state index in [0.717, 1.165) is 0 Å². The van der Waals surface area contributed by atoms with Crippen LogP contribution in [0.5, 0.6) is 0 Å². The molecule has 0 spiro atoms. The highest BCUT2D eigenvalue weighted by Gasteiger charge is 2.30. The molecule has 0 aromatic heterocycles. The van der Waals surface area contributed by atoms with Crippen LogP contribution in [0.25, 0.3) is 0 Å². The molecule has 0 bridgehead atoms. The quantitative estimate of drug-likeness (QED) is 0.639. The summed E-state index contributed by atoms with van der Waals surface area (Å²) in [6.07, 6.45) is 7.97. The van der Waals surface area contributed by atoms with Crippen molar-refractivity contribution >= 4 is 0 Å². The number of allylic oxidation sites excluding steroid dienone is 4. The predicted molar refractivity (Wildman–Crippen MR) is 94.6 cm³/mol. The third kappa shape index (κ3) is 2.92. The first-order valence-corrected chi connectivity index (χ1v) is 8.16. The van der Waals surface area contributed by atoms with Crippen molar-refractivity contribution in [2.45, 2.75) is 26.2 Å². The second kappa shape index (κ2) is 6.79. The fraction of sp³-hybridized carbons (Fsp3) is 0.227. The van der Waals surface area contributed by atoms with Crippen LogP contribution in [0.4, 0.5) is 0 Å². The Labute approximate surface area is 134 Å². The van der Waals surface area contributed by atoms with E-state index in [2.05, 4.69) is 92.7 Å². The third-order valence-electron chi connectivity index (χ3n) is 4.61. The van der Waals surface area contributed by atoms with Crippen molar-refractivity contribution in [2.24, 2.45) is 5.92 Å². The van der Waals surface area contributed by atoms with Crippen LogP contribution in [0.1, 0.15) is 37.3 Å². The van der Waals surface area contributed by atoms with Gasteiger partial charge in [-0.05, 0) is 23.5 Å². The lowest BCUT2D eigenvalue weighted by Gasteiger charge is -2.28. The van der Waals surface area contributed by atoms with Gasteiger partial charge in [-0.2, -0.15) is 0 Å². The van der Waals surface area contributed by atoms with Crippen molar-refractivity contribution in [2.75, 3.05) is 0 Å². The maximum Gasteiger partial charge on any atom is 0.0347 e. The summed E-state index contributed by atoms with van der Waals surface area (Å²) in [7, 11) is 0. The molecule has 111 valence electrons. The molecule has 1 atom stereocenters. The second-order valence-electron chi connectivity index (χ2n) is 6.00. The summed E-state index contributed by atoms with van der Waals surface area (Å²) in [5.74, 6) is 2.37. The summed E-state index contributed by atoms with van der Waals surface area (Å²) < 4.78 is 0. The van der Waals surface area contributed by atoms with Crippen LogP contribution in [-0.2, 0) is 0 Å². The van der Waals surface area contributed by atoms with E-state index in [4.69, 9.17) is 0 Å². The minimum Gasteiger partial charge on any atom is -0.0721 e. The van der Waals surface area contributed by atoms with E-state index in [0.29, 0.717) is 11.8 Å². The molecule has 0 amide bonds. The predicted octanol–water partition coefficient (Wildman–Crippen LogP) is 5.94. The van der Waals surface area contributed by atoms with Crippen molar-refractivity contribution in [3.63, 3.8) is 0 Å². The van der Waals surface area contributed by atoms with Crippen molar-refractivity contribution in [3.05, 3.63) is 102 Å².